The first-order valence-electron chi connectivity index (χ1n) is 27.6. The number of fused-ring (bicyclic) bond motifs is 2. The molecule has 6 nitrogen and oxygen atoms in total. The Kier molecular flexibility index (Phi) is 28.7. The molecule has 6 heteroatoms. The lowest BCUT2D eigenvalue weighted by molar-refractivity contribution is -0.146. The maximum absolute atomic E-state index is 14.1. The number of carbonyl (C=O) groups excluding carboxylic acids is 4. The van der Waals surface area contributed by atoms with Crippen molar-refractivity contribution in [2.75, 3.05) is 13.2 Å². The predicted molar refractivity (Wildman–Crippen MR) is 276 cm³/mol. The summed E-state index contributed by atoms with van der Waals surface area (Å²) in [6, 6.07) is 10.8. The molecule has 0 atom stereocenters. The van der Waals surface area contributed by atoms with Gasteiger partial charge in [0.2, 0.25) is 0 Å². The third kappa shape index (κ3) is 22.2. The fraction of sp³-hybridized carbons (Fsp3) is 0.733. The summed E-state index contributed by atoms with van der Waals surface area (Å²) in [5, 5.41) is 0. The fourth-order valence-corrected chi connectivity index (χ4v) is 9.69. The Morgan fingerprint density at radius 1 is 0.364 bits per heavy atom. The van der Waals surface area contributed by atoms with E-state index in [0.29, 0.717) is 35.5 Å². The van der Waals surface area contributed by atoms with Crippen molar-refractivity contribution in [1.82, 2.24) is 0 Å². The third-order valence-electron chi connectivity index (χ3n) is 14.3. The Bertz CT molecular complexity index is 1570. The van der Waals surface area contributed by atoms with Crippen molar-refractivity contribution >= 4 is 23.5 Å². The van der Waals surface area contributed by atoms with Crippen molar-refractivity contribution in [3.05, 3.63) is 69.8 Å². The van der Waals surface area contributed by atoms with Crippen molar-refractivity contribution in [1.29, 1.82) is 0 Å². The second-order valence-corrected chi connectivity index (χ2v) is 21.3. The normalized spacial score (nSPS) is 12.6. The van der Waals surface area contributed by atoms with Crippen LogP contribution < -0.4 is 0 Å². The van der Waals surface area contributed by atoms with Crippen LogP contribution in [0.15, 0.2) is 36.4 Å². The molecule has 0 aliphatic heterocycles. The number of esters is 2. The maximum atomic E-state index is 14.1. The van der Waals surface area contributed by atoms with Crippen LogP contribution in [0.4, 0.5) is 0 Å². The number of hydrogen-bond donors (Lipinski definition) is 0. The van der Waals surface area contributed by atoms with Gasteiger partial charge in [-0.25, -0.2) is 0 Å². The van der Waals surface area contributed by atoms with Crippen LogP contribution in [-0.4, -0.2) is 36.7 Å². The van der Waals surface area contributed by atoms with Crippen molar-refractivity contribution in [3.63, 3.8) is 0 Å². The first kappa shape index (κ1) is 57.0. The van der Waals surface area contributed by atoms with Gasteiger partial charge in [0, 0.05) is 33.1 Å². The molecule has 1 aliphatic rings. The highest BCUT2D eigenvalue weighted by atomic mass is 16.5. The highest BCUT2D eigenvalue weighted by Gasteiger charge is 2.35. The summed E-state index contributed by atoms with van der Waals surface area (Å²) in [6.07, 6.45) is 42.0. The summed E-state index contributed by atoms with van der Waals surface area (Å²) in [5.41, 5.74) is 1.90. The van der Waals surface area contributed by atoms with Gasteiger partial charge in [-0.05, 0) is 48.2 Å². The molecule has 0 amide bonds. The van der Waals surface area contributed by atoms with E-state index in [9.17, 15) is 19.2 Å². The van der Waals surface area contributed by atoms with E-state index in [0.717, 1.165) is 36.8 Å². The molecule has 0 saturated carbocycles. The molecule has 0 radical (unpaired) electrons. The van der Waals surface area contributed by atoms with Crippen molar-refractivity contribution in [2.24, 2.45) is 0 Å². The monoisotopic (exact) mass is 913 g/mol. The summed E-state index contributed by atoms with van der Waals surface area (Å²) in [5.74, 6) is -0.902. The first-order valence-corrected chi connectivity index (χ1v) is 27.6. The van der Waals surface area contributed by atoms with Crippen LogP contribution >= 0.6 is 0 Å². The molecule has 2 aromatic carbocycles. The lowest BCUT2D eigenvalue weighted by Gasteiger charge is -2.28. The SMILES string of the molecule is CCCCCCCCCCCCCCCCCCOC(=O)CC(C)(C)c1ccc2c(c1)C(=O)c1cc(C(C)(C)CC(=O)OCCCCCCCCCCCCCCCCCC)ccc1C2=O. The van der Waals surface area contributed by atoms with E-state index in [2.05, 4.69) is 13.8 Å². The van der Waals surface area contributed by atoms with E-state index in [1.54, 1.807) is 24.3 Å². The summed E-state index contributed by atoms with van der Waals surface area (Å²) in [4.78, 5) is 53.8. The lowest BCUT2D eigenvalue weighted by atomic mass is 9.75. The van der Waals surface area contributed by atoms with Gasteiger partial charge in [-0.2, -0.15) is 0 Å². The quantitative estimate of drug-likeness (QED) is 0.0417. The molecule has 0 fully saturated rings. The minimum Gasteiger partial charge on any atom is -0.466 e. The Labute approximate surface area is 404 Å². The fourth-order valence-electron chi connectivity index (χ4n) is 9.69. The van der Waals surface area contributed by atoms with Gasteiger partial charge in [-0.1, -0.05) is 246 Å². The van der Waals surface area contributed by atoms with Gasteiger partial charge >= 0.3 is 11.9 Å². The molecule has 66 heavy (non-hydrogen) atoms. The number of benzene rings is 2. The van der Waals surface area contributed by atoms with Crippen molar-refractivity contribution in [3.8, 4) is 0 Å². The topological polar surface area (TPSA) is 86.7 Å². The molecule has 0 bridgehead atoms. The number of ether oxygens (including phenoxy) is 2. The number of carbonyl (C=O) groups is 4. The first-order chi connectivity index (χ1) is 31.9. The zero-order valence-corrected chi connectivity index (χ0v) is 43.4. The number of hydrogen-bond acceptors (Lipinski definition) is 6. The molecular weight excluding hydrogens is 817 g/mol. The largest absolute Gasteiger partial charge is 0.466 e. The minimum absolute atomic E-state index is 0.178. The van der Waals surface area contributed by atoms with Gasteiger partial charge in [0.15, 0.2) is 11.6 Å². The zero-order chi connectivity index (χ0) is 47.9. The third-order valence-corrected chi connectivity index (χ3v) is 14.3. The lowest BCUT2D eigenvalue weighted by Crippen LogP contribution is -2.27. The van der Waals surface area contributed by atoms with E-state index in [1.807, 2.05) is 39.8 Å². The molecule has 0 saturated heterocycles. The Morgan fingerprint density at radius 2 is 0.606 bits per heavy atom. The van der Waals surface area contributed by atoms with Crippen LogP contribution in [0.3, 0.4) is 0 Å². The van der Waals surface area contributed by atoms with Gasteiger partial charge < -0.3 is 9.47 Å². The average molecular weight is 913 g/mol. The highest BCUT2D eigenvalue weighted by molar-refractivity contribution is 6.28. The van der Waals surface area contributed by atoms with Crippen LogP contribution in [-0.2, 0) is 29.9 Å². The minimum atomic E-state index is -0.596. The van der Waals surface area contributed by atoms with Crippen LogP contribution in [0.25, 0.3) is 0 Å². The molecular formula is C60H96O6. The molecule has 0 spiro atoms. The second kappa shape index (κ2) is 33.3. The Hall–Kier alpha value is -3.28. The molecule has 372 valence electrons. The molecule has 1 aliphatic carbocycles. The van der Waals surface area contributed by atoms with Crippen LogP contribution in [0.1, 0.15) is 303 Å². The van der Waals surface area contributed by atoms with E-state index < -0.39 is 10.8 Å². The van der Waals surface area contributed by atoms with Gasteiger partial charge in [0.05, 0.1) is 26.1 Å². The second-order valence-electron chi connectivity index (χ2n) is 21.3. The Balaban J connectivity index is 1.33. The van der Waals surface area contributed by atoms with Gasteiger partial charge in [-0.3, -0.25) is 19.2 Å². The van der Waals surface area contributed by atoms with Crippen LogP contribution in [0, 0.1) is 0 Å². The van der Waals surface area contributed by atoms with Crippen LogP contribution in [0.2, 0.25) is 0 Å². The molecule has 0 unspecified atom stereocenters. The van der Waals surface area contributed by atoms with E-state index >= 15 is 0 Å². The predicted octanol–water partition coefficient (Wildman–Crippen LogP) is 17.4. The molecule has 0 N–H and O–H groups in total. The van der Waals surface area contributed by atoms with Gasteiger partial charge in [0.1, 0.15) is 0 Å². The van der Waals surface area contributed by atoms with Crippen molar-refractivity contribution < 1.29 is 28.7 Å². The van der Waals surface area contributed by atoms with Crippen LogP contribution in [0.5, 0.6) is 0 Å². The Morgan fingerprint density at radius 3 is 0.879 bits per heavy atom. The van der Waals surface area contributed by atoms with E-state index in [1.165, 1.54) is 180 Å². The van der Waals surface area contributed by atoms with Crippen molar-refractivity contribution in [2.45, 2.75) is 271 Å². The van der Waals surface area contributed by atoms with E-state index in [4.69, 9.17) is 9.47 Å². The maximum Gasteiger partial charge on any atom is 0.306 e. The van der Waals surface area contributed by atoms with Gasteiger partial charge in [-0.15, -0.1) is 0 Å². The zero-order valence-electron chi connectivity index (χ0n) is 43.4. The molecule has 2 aromatic rings. The average Bonchev–Trinajstić information content (AvgIpc) is 3.29. The standard InChI is InChI=1S/C60H96O6/c1-7-9-11-13-15-17-19-21-23-25-27-29-31-33-35-37-43-65-55(61)47-59(3,4)49-39-41-51-53(45-49)58(64)54-46-50(40-42-52(54)57(51)63)60(5,6)48-56(62)66-44-38-36-34-32-30-28-26-24-22-20-18-16-14-12-10-8-2/h39-42,45-46H,7-38,43-44,47-48H2,1-6H3. The summed E-state index contributed by atoms with van der Waals surface area (Å²) >= 11 is 0. The molecule has 3 rings (SSSR count). The highest BCUT2D eigenvalue weighted by Crippen LogP contribution is 2.36. The van der Waals surface area contributed by atoms with Gasteiger partial charge in [0.25, 0.3) is 0 Å². The summed E-state index contributed by atoms with van der Waals surface area (Å²) in [6.45, 7) is 13.3. The molecule has 0 aromatic heterocycles. The number of unbranched alkanes of at least 4 members (excludes halogenated alkanes) is 30. The number of rotatable bonds is 40. The summed E-state index contributed by atoms with van der Waals surface area (Å²) < 4.78 is 11.3. The van der Waals surface area contributed by atoms with E-state index in [-0.39, 0.29) is 36.3 Å². The molecule has 0 heterocycles. The summed E-state index contributed by atoms with van der Waals surface area (Å²) in [7, 11) is 0. The smallest absolute Gasteiger partial charge is 0.306 e. The number of ketones is 2.